The monoisotopic (exact) mass is 890 g/mol. The number of nitrogens with one attached hydrogen (secondary N) is 3. The lowest BCUT2D eigenvalue weighted by molar-refractivity contribution is -0.136. The van der Waals surface area contributed by atoms with Gasteiger partial charge in [0.05, 0.1) is 35.3 Å². The number of piperidine rings is 1. The summed E-state index contributed by atoms with van der Waals surface area (Å²) in [5.41, 5.74) is 2.87. The molecular weight excluding hydrogens is 843 g/mol. The molecule has 19 heteroatoms. The third kappa shape index (κ3) is 9.95. The van der Waals surface area contributed by atoms with Gasteiger partial charge in [0.25, 0.3) is 24.1 Å². The summed E-state index contributed by atoms with van der Waals surface area (Å²) in [5.74, 6) is -1.24. The summed E-state index contributed by atoms with van der Waals surface area (Å²) >= 11 is 0. The minimum atomic E-state index is -2.93. The van der Waals surface area contributed by atoms with Gasteiger partial charge in [0.2, 0.25) is 17.7 Å². The van der Waals surface area contributed by atoms with Gasteiger partial charge in [0.15, 0.2) is 11.4 Å². The summed E-state index contributed by atoms with van der Waals surface area (Å²) < 4.78 is 41.0. The molecule has 3 aromatic heterocycles. The van der Waals surface area contributed by atoms with E-state index in [9.17, 15) is 32.8 Å². The molecule has 5 amide bonds. The van der Waals surface area contributed by atoms with Gasteiger partial charge >= 0.3 is 0 Å². The predicted octanol–water partition coefficient (Wildman–Crippen LogP) is 5.50. The molecule has 9 rings (SSSR count). The van der Waals surface area contributed by atoms with Crippen LogP contribution >= 0.6 is 0 Å². The Morgan fingerprint density at radius 2 is 1.69 bits per heavy atom. The average molecular weight is 891 g/mol. The summed E-state index contributed by atoms with van der Waals surface area (Å²) in [6.07, 6.45) is 6.39. The maximum Gasteiger partial charge on any atom is 0.284 e. The number of unbranched alkanes of at least 4 members (excludes halogenated alkanes) is 1. The molecule has 6 heterocycles. The van der Waals surface area contributed by atoms with Crippen molar-refractivity contribution in [1.82, 2.24) is 34.9 Å². The van der Waals surface area contributed by atoms with Crippen molar-refractivity contribution in [1.29, 1.82) is 0 Å². The van der Waals surface area contributed by atoms with Crippen LogP contribution in [-0.4, -0.2) is 118 Å². The van der Waals surface area contributed by atoms with Gasteiger partial charge in [-0.1, -0.05) is 12.1 Å². The number of halogens is 2. The first-order valence-electron chi connectivity index (χ1n) is 21.9. The summed E-state index contributed by atoms with van der Waals surface area (Å²) in [6.45, 7) is 5.91. The van der Waals surface area contributed by atoms with E-state index in [1.165, 1.54) is 30.0 Å². The second kappa shape index (κ2) is 19.1. The molecule has 0 spiro atoms. The molecule has 5 aromatic rings. The van der Waals surface area contributed by atoms with Crippen LogP contribution < -0.4 is 20.9 Å². The Morgan fingerprint density at radius 3 is 2.46 bits per heavy atom. The fraction of sp³-hybridized carbons (Fsp3) is 0.391. The number of rotatable bonds is 18. The van der Waals surface area contributed by atoms with E-state index in [1.807, 2.05) is 18.2 Å². The predicted molar refractivity (Wildman–Crippen MR) is 233 cm³/mol. The third-order valence-electron chi connectivity index (χ3n) is 12.1. The first kappa shape index (κ1) is 43.4. The van der Waals surface area contributed by atoms with E-state index in [1.54, 1.807) is 42.6 Å². The molecule has 3 N–H and O–H groups in total. The van der Waals surface area contributed by atoms with E-state index in [0.717, 1.165) is 74.7 Å². The van der Waals surface area contributed by atoms with Gasteiger partial charge in [-0.15, -0.1) is 0 Å². The number of hydrogen-bond acceptors (Lipinski definition) is 13. The highest BCUT2D eigenvalue weighted by atomic mass is 19.3. The number of aromatic nitrogens is 4. The van der Waals surface area contributed by atoms with Crippen LogP contribution in [0, 0.1) is 5.92 Å². The SMILES string of the molecule is O=C1CCC(N2C(=O)c3ccc(N4CCN(CCOCCCCc5ccc(-n6cc(NC(=O)c7coc(-c8ccnc(NCC9CC9)c8)n7)c(C(F)F)n6)cc5)CC4)cc3C2=O)C(=O)N1. The Bertz CT molecular complexity index is 2590. The number of carbonyl (C=O) groups excluding carboxylic acids is 5. The Hall–Kier alpha value is -6.86. The number of oxazole rings is 1. The Kier molecular flexibility index (Phi) is 12.7. The van der Waals surface area contributed by atoms with E-state index in [-0.39, 0.29) is 41.2 Å². The number of hydrogen-bond donors (Lipinski definition) is 3. The molecule has 3 aliphatic heterocycles. The van der Waals surface area contributed by atoms with Crippen molar-refractivity contribution in [2.45, 2.75) is 57.4 Å². The molecule has 1 aliphatic carbocycles. The normalized spacial score (nSPS) is 17.8. The smallest absolute Gasteiger partial charge is 0.284 e. The number of benzene rings is 2. The third-order valence-corrected chi connectivity index (χ3v) is 12.1. The van der Waals surface area contributed by atoms with Gasteiger partial charge in [-0.3, -0.25) is 39.1 Å². The highest BCUT2D eigenvalue weighted by Crippen LogP contribution is 2.32. The van der Waals surface area contributed by atoms with Gasteiger partial charge < -0.3 is 24.7 Å². The molecule has 4 aliphatic rings. The Balaban J connectivity index is 0.685. The molecule has 2 aromatic carbocycles. The standard InChI is InChI=1S/C46H48F2N10O7/c47-41(48)40-35(51-42(60)36-27-65-44(52-36)30-14-15-49-38(23-30)50-25-29-4-5-29)26-57(54-40)31-8-6-28(7-9-31)3-1-2-21-64-22-20-55-16-18-56(19-17-55)32-10-11-33-34(24-32)46(63)58(45(33)62)37-12-13-39(59)53-43(37)61/h6-11,14-15,23-24,26-27,29,37,41H,1-5,12-13,16-22,25H2,(H,49,50)(H,51,60)(H,53,59,61). The van der Waals surface area contributed by atoms with Crippen LogP contribution in [0.4, 0.5) is 26.0 Å². The lowest BCUT2D eigenvalue weighted by Crippen LogP contribution is -2.54. The largest absolute Gasteiger partial charge is 0.444 e. The maximum atomic E-state index is 14.1. The highest BCUT2D eigenvalue weighted by molar-refractivity contribution is 6.23. The van der Waals surface area contributed by atoms with E-state index in [2.05, 4.69) is 40.8 Å². The minimum absolute atomic E-state index is 0.0686. The zero-order valence-corrected chi connectivity index (χ0v) is 35.5. The molecule has 65 heavy (non-hydrogen) atoms. The molecule has 1 saturated carbocycles. The fourth-order valence-corrected chi connectivity index (χ4v) is 8.23. The van der Waals surface area contributed by atoms with Crippen LogP contribution in [-0.2, 0) is 20.7 Å². The number of piperazine rings is 1. The van der Waals surface area contributed by atoms with Crippen LogP contribution in [0.25, 0.3) is 17.1 Å². The first-order chi connectivity index (χ1) is 31.6. The number of anilines is 3. The van der Waals surface area contributed by atoms with Gasteiger partial charge in [-0.2, -0.15) is 5.10 Å². The molecule has 3 fully saturated rings. The molecule has 17 nitrogen and oxygen atoms in total. The molecular formula is C46H48F2N10O7. The van der Waals surface area contributed by atoms with Crippen molar-refractivity contribution in [2.24, 2.45) is 5.92 Å². The zero-order valence-electron chi connectivity index (χ0n) is 35.5. The minimum Gasteiger partial charge on any atom is -0.444 e. The van der Waals surface area contributed by atoms with Crippen molar-refractivity contribution in [3.63, 3.8) is 0 Å². The molecule has 2 saturated heterocycles. The molecule has 338 valence electrons. The summed E-state index contributed by atoms with van der Waals surface area (Å²) in [6, 6.07) is 15.2. The van der Waals surface area contributed by atoms with Gasteiger partial charge in [0.1, 0.15) is 18.1 Å². The number of alkyl halides is 2. The number of ether oxygens (including phenoxy) is 1. The number of carbonyl (C=O) groups is 5. The van der Waals surface area contributed by atoms with E-state index < -0.39 is 47.7 Å². The zero-order chi connectivity index (χ0) is 45.0. The van der Waals surface area contributed by atoms with Gasteiger partial charge in [-0.25, -0.2) is 23.4 Å². The van der Waals surface area contributed by atoms with Crippen LogP contribution in [0.5, 0.6) is 0 Å². The topological polar surface area (TPSA) is 197 Å². The van der Waals surface area contributed by atoms with Crippen molar-refractivity contribution >= 4 is 46.7 Å². The molecule has 0 radical (unpaired) electrons. The molecule has 1 unspecified atom stereocenters. The maximum absolute atomic E-state index is 14.1. The summed E-state index contributed by atoms with van der Waals surface area (Å²) in [7, 11) is 0. The number of imide groups is 2. The quantitative estimate of drug-likeness (QED) is 0.0738. The lowest BCUT2D eigenvalue weighted by atomic mass is 10.0. The van der Waals surface area contributed by atoms with Gasteiger partial charge in [0, 0.05) is 69.7 Å². The van der Waals surface area contributed by atoms with Crippen LogP contribution in [0.3, 0.4) is 0 Å². The number of nitrogens with zero attached hydrogens (tertiary/aromatic N) is 7. The van der Waals surface area contributed by atoms with Crippen LogP contribution in [0.2, 0.25) is 0 Å². The van der Waals surface area contributed by atoms with Crippen molar-refractivity contribution in [3.8, 4) is 17.1 Å². The second-order valence-electron chi connectivity index (χ2n) is 16.7. The van der Waals surface area contributed by atoms with E-state index in [4.69, 9.17) is 9.15 Å². The number of pyridine rings is 1. The van der Waals surface area contributed by atoms with Crippen molar-refractivity contribution in [2.75, 3.05) is 68.0 Å². The van der Waals surface area contributed by atoms with Crippen LogP contribution in [0.1, 0.15) is 87.4 Å². The van der Waals surface area contributed by atoms with Crippen molar-refractivity contribution < 1.29 is 41.9 Å². The Morgan fingerprint density at radius 1 is 0.908 bits per heavy atom. The second-order valence-corrected chi connectivity index (χ2v) is 16.7. The number of fused-ring (bicyclic) bond motifs is 1. The summed E-state index contributed by atoms with van der Waals surface area (Å²) in [4.78, 5) is 77.5. The molecule has 0 bridgehead atoms. The Labute approximate surface area is 372 Å². The first-order valence-corrected chi connectivity index (χ1v) is 21.9. The number of amides is 5. The van der Waals surface area contributed by atoms with E-state index in [0.29, 0.717) is 36.2 Å². The number of aryl methyl sites for hydroxylation is 1. The summed E-state index contributed by atoms with van der Waals surface area (Å²) in [5, 5.41) is 12.1. The van der Waals surface area contributed by atoms with Gasteiger partial charge in [-0.05, 0) is 92.5 Å². The fourth-order valence-electron chi connectivity index (χ4n) is 8.23. The van der Waals surface area contributed by atoms with Crippen molar-refractivity contribution in [3.05, 3.63) is 101 Å². The average Bonchev–Trinajstić information content (AvgIpc) is 3.72. The van der Waals surface area contributed by atoms with Crippen LogP contribution in [0.15, 0.2) is 77.7 Å². The highest BCUT2D eigenvalue weighted by Gasteiger charge is 2.45. The lowest BCUT2D eigenvalue weighted by Gasteiger charge is -2.36. The van der Waals surface area contributed by atoms with E-state index >= 15 is 0 Å². The molecule has 1 atom stereocenters.